The molecular formula is C12H19N3O3. The van der Waals surface area contributed by atoms with E-state index in [2.05, 4.69) is 9.97 Å². The molecule has 0 aliphatic carbocycles. The van der Waals surface area contributed by atoms with Crippen molar-refractivity contribution in [2.75, 3.05) is 20.2 Å². The molecule has 1 rings (SSSR count). The van der Waals surface area contributed by atoms with Crippen LogP contribution in [0.15, 0.2) is 4.79 Å². The number of aromatic nitrogens is 2. The van der Waals surface area contributed by atoms with Crippen LogP contribution in [0.2, 0.25) is 0 Å². The minimum Gasteiger partial charge on any atom is -0.395 e. The highest BCUT2D eigenvalue weighted by Gasteiger charge is 2.20. The van der Waals surface area contributed by atoms with Gasteiger partial charge >= 0.3 is 0 Å². The molecule has 1 aromatic rings. The predicted octanol–water partition coefficient (Wildman–Crippen LogP) is 0.266. The van der Waals surface area contributed by atoms with Crippen LogP contribution < -0.4 is 5.56 Å². The van der Waals surface area contributed by atoms with Crippen LogP contribution in [-0.2, 0) is 0 Å². The lowest BCUT2D eigenvalue weighted by Gasteiger charge is -2.16. The molecule has 0 aromatic carbocycles. The van der Waals surface area contributed by atoms with Gasteiger partial charge in [0.1, 0.15) is 11.4 Å². The standard InChI is InChI=1S/C12H19N3O3/c1-7(2)10-13-8(3)9(11(17)14-10)12(18)15(4)5-6-16/h7,16H,5-6H2,1-4H3,(H,13,14,17). The van der Waals surface area contributed by atoms with Crippen LogP contribution in [0.1, 0.15) is 41.6 Å². The van der Waals surface area contributed by atoms with E-state index >= 15 is 0 Å². The van der Waals surface area contributed by atoms with Crippen LogP contribution >= 0.6 is 0 Å². The van der Waals surface area contributed by atoms with Crippen LogP contribution in [0.25, 0.3) is 0 Å². The van der Waals surface area contributed by atoms with E-state index in [1.54, 1.807) is 6.92 Å². The van der Waals surface area contributed by atoms with Crippen molar-refractivity contribution in [3.8, 4) is 0 Å². The lowest BCUT2D eigenvalue weighted by atomic mass is 10.1. The van der Waals surface area contributed by atoms with E-state index in [1.807, 2.05) is 13.8 Å². The molecule has 6 heteroatoms. The fraction of sp³-hybridized carbons (Fsp3) is 0.583. The molecule has 0 aliphatic rings. The Balaban J connectivity index is 3.19. The van der Waals surface area contributed by atoms with Crippen molar-refractivity contribution in [3.05, 3.63) is 27.4 Å². The second-order valence-electron chi connectivity index (χ2n) is 4.52. The smallest absolute Gasteiger partial charge is 0.264 e. The average molecular weight is 253 g/mol. The zero-order chi connectivity index (χ0) is 13.9. The minimum atomic E-state index is -0.430. The molecule has 6 nitrogen and oxygen atoms in total. The SMILES string of the molecule is Cc1nc(C(C)C)[nH]c(=O)c1C(=O)N(C)CCO. The topological polar surface area (TPSA) is 86.3 Å². The zero-order valence-corrected chi connectivity index (χ0v) is 11.1. The van der Waals surface area contributed by atoms with Crippen LogP contribution in [-0.4, -0.2) is 46.1 Å². The number of nitrogens with one attached hydrogen (secondary N) is 1. The largest absolute Gasteiger partial charge is 0.395 e. The number of amides is 1. The van der Waals surface area contributed by atoms with E-state index in [0.29, 0.717) is 11.5 Å². The normalized spacial score (nSPS) is 10.8. The van der Waals surface area contributed by atoms with E-state index in [9.17, 15) is 9.59 Å². The fourth-order valence-corrected chi connectivity index (χ4v) is 1.58. The Kier molecular flexibility index (Phi) is 4.61. The predicted molar refractivity (Wildman–Crippen MR) is 67.7 cm³/mol. The number of likely N-dealkylation sites (N-methyl/N-ethyl adjacent to an activating group) is 1. The molecule has 2 N–H and O–H groups in total. The lowest BCUT2D eigenvalue weighted by molar-refractivity contribution is 0.0763. The summed E-state index contributed by atoms with van der Waals surface area (Å²) < 4.78 is 0. The number of rotatable bonds is 4. The summed E-state index contributed by atoms with van der Waals surface area (Å²) in [5.41, 5.74) is 0.0218. The first-order valence-electron chi connectivity index (χ1n) is 5.85. The summed E-state index contributed by atoms with van der Waals surface area (Å²) in [4.78, 5) is 32.1. The van der Waals surface area contributed by atoms with Gasteiger partial charge in [0.05, 0.1) is 12.3 Å². The molecule has 0 unspecified atom stereocenters. The Labute approximate surface area is 106 Å². The Morgan fingerprint density at radius 3 is 2.56 bits per heavy atom. The third-order valence-corrected chi connectivity index (χ3v) is 2.66. The third kappa shape index (κ3) is 2.95. The highest BCUT2D eigenvalue weighted by atomic mass is 16.3. The monoisotopic (exact) mass is 253 g/mol. The van der Waals surface area contributed by atoms with Crippen LogP contribution in [0.4, 0.5) is 0 Å². The number of hydrogen-bond acceptors (Lipinski definition) is 4. The number of hydrogen-bond donors (Lipinski definition) is 2. The summed E-state index contributed by atoms with van der Waals surface area (Å²) in [5, 5.41) is 8.79. The van der Waals surface area contributed by atoms with E-state index in [4.69, 9.17) is 5.11 Å². The highest BCUT2D eigenvalue weighted by molar-refractivity contribution is 5.94. The van der Waals surface area contributed by atoms with Gasteiger partial charge in [-0.05, 0) is 6.92 Å². The summed E-state index contributed by atoms with van der Waals surface area (Å²) in [6.45, 7) is 5.51. The van der Waals surface area contributed by atoms with Gasteiger partial charge in [0.15, 0.2) is 0 Å². The summed E-state index contributed by atoms with van der Waals surface area (Å²) in [5.74, 6) is 0.236. The molecular weight excluding hydrogens is 234 g/mol. The zero-order valence-electron chi connectivity index (χ0n) is 11.1. The van der Waals surface area contributed by atoms with Gasteiger partial charge in [0, 0.05) is 19.5 Å². The fourth-order valence-electron chi connectivity index (χ4n) is 1.58. The van der Waals surface area contributed by atoms with Gasteiger partial charge in [0.2, 0.25) is 0 Å². The van der Waals surface area contributed by atoms with Crippen molar-refractivity contribution in [1.82, 2.24) is 14.9 Å². The Hall–Kier alpha value is -1.69. The highest BCUT2D eigenvalue weighted by Crippen LogP contribution is 2.09. The summed E-state index contributed by atoms with van der Waals surface area (Å²) in [7, 11) is 1.54. The maximum absolute atomic E-state index is 12.0. The number of aromatic amines is 1. The van der Waals surface area contributed by atoms with Crippen molar-refractivity contribution >= 4 is 5.91 Å². The van der Waals surface area contributed by atoms with E-state index in [0.717, 1.165) is 0 Å². The molecule has 0 bridgehead atoms. The third-order valence-electron chi connectivity index (χ3n) is 2.66. The molecule has 0 atom stereocenters. The quantitative estimate of drug-likeness (QED) is 0.806. The van der Waals surface area contributed by atoms with Gasteiger partial charge in [-0.1, -0.05) is 13.8 Å². The molecule has 0 radical (unpaired) electrons. The van der Waals surface area contributed by atoms with Crippen molar-refractivity contribution in [2.45, 2.75) is 26.7 Å². The second-order valence-corrected chi connectivity index (χ2v) is 4.52. The van der Waals surface area contributed by atoms with Crippen molar-refractivity contribution < 1.29 is 9.90 Å². The molecule has 1 heterocycles. The van der Waals surface area contributed by atoms with Gasteiger partial charge < -0.3 is 15.0 Å². The molecule has 0 spiro atoms. The number of aliphatic hydroxyl groups is 1. The first-order valence-corrected chi connectivity index (χ1v) is 5.85. The van der Waals surface area contributed by atoms with Gasteiger partial charge in [-0.2, -0.15) is 0 Å². The Morgan fingerprint density at radius 2 is 2.11 bits per heavy atom. The maximum atomic E-state index is 12.0. The molecule has 1 aromatic heterocycles. The molecule has 0 aliphatic heterocycles. The lowest BCUT2D eigenvalue weighted by Crippen LogP contribution is -2.35. The van der Waals surface area contributed by atoms with Crippen molar-refractivity contribution in [3.63, 3.8) is 0 Å². The molecule has 18 heavy (non-hydrogen) atoms. The first kappa shape index (κ1) is 14.4. The number of aryl methyl sites for hydroxylation is 1. The number of aliphatic hydroxyl groups excluding tert-OH is 1. The summed E-state index contributed by atoms with van der Waals surface area (Å²) in [6.07, 6.45) is 0. The number of carbonyl (C=O) groups excluding carboxylic acids is 1. The number of carbonyl (C=O) groups is 1. The van der Waals surface area contributed by atoms with Gasteiger partial charge in [0.25, 0.3) is 11.5 Å². The van der Waals surface area contributed by atoms with Gasteiger partial charge in [-0.15, -0.1) is 0 Å². The van der Waals surface area contributed by atoms with E-state index in [-0.39, 0.29) is 24.6 Å². The van der Waals surface area contributed by atoms with Crippen LogP contribution in [0.5, 0.6) is 0 Å². The van der Waals surface area contributed by atoms with Crippen LogP contribution in [0, 0.1) is 6.92 Å². The molecule has 0 fully saturated rings. The number of H-pyrrole nitrogens is 1. The maximum Gasteiger partial charge on any atom is 0.264 e. The minimum absolute atomic E-state index is 0.0374. The summed E-state index contributed by atoms with van der Waals surface area (Å²) >= 11 is 0. The van der Waals surface area contributed by atoms with Gasteiger partial charge in [-0.25, -0.2) is 4.98 Å². The number of nitrogens with zero attached hydrogens (tertiary/aromatic N) is 2. The van der Waals surface area contributed by atoms with Crippen LogP contribution in [0.3, 0.4) is 0 Å². The Bertz CT molecular complexity index is 494. The second kappa shape index (κ2) is 5.77. The van der Waals surface area contributed by atoms with E-state index < -0.39 is 11.5 Å². The molecule has 0 saturated heterocycles. The molecule has 100 valence electrons. The van der Waals surface area contributed by atoms with Crippen molar-refractivity contribution in [2.24, 2.45) is 0 Å². The Morgan fingerprint density at radius 1 is 1.50 bits per heavy atom. The molecule has 0 saturated carbocycles. The molecule has 1 amide bonds. The van der Waals surface area contributed by atoms with Crippen molar-refractivity contribution in [1.29, 1.82) is 0 Å². The first-order chi connectivity index (χ1) is 8.38. The van der Waals surface area contributed by atoms with Gasteiger partial charge in [-0.3, -0.25) is 9.59 Å². The van der Waals surface area contributed by atoms with E-state index in [1.165, 1.54) is 11.9 Å². The average Bonchev–Trinajstić information content (AvgIpc) is 2.27. The summed E-state index contributed by atoms with van der Waals surface area (Å²) in [6, 6.07) is 0.